The summed E-state index contributed by atoms with van der Waals surface area (Å²) >= 11 is 0. The first kappa shape index (κ1) is 16.8. The van der Waals surface area contributed by atoms with E-state index in [-0.39, 0.29) is 12.1 Å². The van der Waals surface area contributed by atoms with E-state index in [1.54, 1.807) is 0 Å². The second kappa shape index (κ2) is 8.79. The fourth-order valence-electron chi connectivity index (χ4n) is 2.42. The van der Waals surface area contributed by atoms with Crippen LogP contribution in [0, 0.1) is 0 Å². The average molecular weight is 284 g/mol. The molecule has 0 aromatic heterocycles. The Hall–Kier alpha value is -1.30. The van der Waals surface area contributed by atoms with E-state index in [1.807, 2.05) is 13.8 Å². The molecule has 0 amide bonds. The van der Waals surface area contributed by atoms with E-state index in [9.17, 15) is 4.79 Å². The van der Waals surface area contributed by atoms with Crippen LogP contribution in [0.15, 0.2) is 5.11 Å². The van der Waals surface area contributed by atoms with E-state index in [0.29, 0.717) is 45.6 Å². The summed E-state index contributed by atoms with van der Waals surface area (Å²) in [6.45, 7) is 5.83. The summed E-state index contributed by atoms with van der Waals surface area (Å²) in [5, 5.41) is 6.79. The second-order valence-corrected chi connectivity index (χ2v) is 4.89. The summed E-state index contributed by atoms with van der Waals surface area (Å²) in [5.41, 5.74) is 7.58. The average Bonchev–Trinajstić information content (AvgIpc) is 2.47. The van der Waals surface area contributed by atoms with Gasteiger partial charge < -0.3 is 14.8 Å². The molecule has 2 atom stereocenters. The molecule has 0 spiro atoms. The fourth-order valence-corrected chi connectivity index (χ4v) is 2.42. The number of hydrogen-bond donors (Lipinski definition) is 1. The third-order valence-electron chi connectivity index (χ3n) is 3.54. The summed E-state index contributed by atoms with van der Waals surface area (Å²) in [5.74, 6) is -0.203. The van der Waals surface area contributed by atoms with Gasteiger partial charge in [-0.2, -0.15) is 0 Å². The second-order valence-electron chi connectivity index (χ2n) is 4.89. The Labute approximate surface area is 119 Å². The smallest absolute Gasteiger partial charge is 0.326 e. The van der Waals surface area contributed by atoms with Gasteiger partial charge in [-0.05, 0) is 38.3 Å². The molecular weight excluding hydrogens is 260 g/mol. The maximum absolute atomic E-state index is 12.3. The van der Waals surface area contributed by atoms with E-state index >= 15 is 0 Å². The Morgan fingerprint density at radius 1 is 1.60 bits per heavy atom. The van der Waals surface area contributed by atoms with Gasteiger partial charge >= 0.3 is 5.97 Å². The van der Waals surface area contributed by atoms with Crippen molar-refractivity contribution in [1.29, 1.82) is 0 Å². The van der Waals surface area contributed by atoms with Crippen molar-refractivity contribution in [3.63, 3.8) is 0 Å². The van der Waals surface area contributed by atoms with Crippen molar-refractivity contribution < 1.29 is 14.3 Å². The molecule has 0 aliphatic carbocycles. The van der Waals surface area contributed by atoms with Crippen LogP contribution >= 0.6 is 0 Å². The highest BCUT2D eigenvalue weighted by Crippen LogP contribution is 2.28. The van der Waals surface area contributed by atoms with E-state index in [0.717, 1.165) is 6.42 Å². The third-order valence-corrected chi connectivity index (χ3v) is 3.54. The van der Waals surface area contributed by atoms with Crippen molar-refractivity contribution in [1.82, 2.24) is 5.32 Å². The SMILES string of the molecule is CCOC(=O)C1(NCCCN=[N+]=[N-])CCOC(CC)C1. The summed E-state index contributed by atoms with van der Waals surface area (Å²) in [4.78, 5) is 15.0. The number of esters is 1. The largest absolute Gasteiger partial charge is 0.465 e. The van der Waals surface area contributed by atoms with Gasteiger partial charge in [0.15, 0.2) is 0 Å². The van der Waals surface area contributed by atoms with Crippen LogP contribution < -0.4 is 5.32 Å². The van der Waals surface area contributed by atoms with Crippen molar-refractivity contribution in [2.75, 3.05) is 26.3 Å². The molecule has 0 aromatic carbocycles. The molecule has 0 bridgehead atoms. The Morgan fingerprint density at radius 2 is 2.40 bits per heavy atom. The molecular formula is C13H24N4O3. The van der Waals surface area contributed by atoms with Gasteiger partial charge in [-0.15, -0.1) is 0 Å². The highest BCUT2D eigenvalue weighted by atomic mass is 16.5. The number of azide groups is 1. The fraction of sp³-hybridized carbons (Fsp3) is 0.923. The van der Waals surface area contributed by atoms with Crippen molar-refractivity contribution in [3.8, 4) is 0 Å². The van der Waals surface area contributed by atoms with Crippen LogP contribution in [0.2, 0.25) is 0 Å². The summed E-state index contributed by atoms with van der Waals surface area (Å²) < 4.78 is 10.9. The topological polar surface area (TPSA) is 96.3 Å². The number of ether oxygens (including phenoxy) is 2. The zero-order valence-corrected chi connectivity index (χ0v) is 12.3. The Bertz CT molecular complexity index is 358. The molecule has 1 N–H and O–H groups in total. The zero-order chi connectivity index (χ0) is 14.8. The lowest BCUT2D eigenvalue weighted by Crippen LogP contribution is -2.58. The Kier molecular flexibility index (Phi) is 7.36. The predicted molar refractivity (Wildman–Crippen MR) is 75.3 cm³/mol. The van der Waals surface area contributed by atoms with Gasteiger partial charge in [-0.1, -0.05) is 12.0 Å². The summed E-state index contributed by atoms with van der Waals surface area (Å²) in [6, 6.07) is 0. The van der Waals surface area contributed by atoms with Gasteiger partial charge in [-0.3, -0.25) is 4.79 Å². The standard InChI is InChI=1S/C13H24N4O3/c1-3-11-10-13(6-9-20-11,12(18)19-4-2)15-7-5-8-16-17-14/h11,15H,3-10H2,1-2H3. The van der Waals surface area contributed by atoms with Crippen LogP contribution in [0.25, 0.3) is 10.4 Å². The third kappa shape index (κ3) is 4.67. The van der Waals surface area contributed by atoms with Crippen molar-refractivity contribution >= 4 is 5.97 Å². The first-order valence-electron chi connectivity index (χ1n) is 7.23. The molecule has 1 aliphatic rings. The van der Waals surface area contributed by atoms with Crippen molar-refractivity contribution in [2.24, 2.45) is 5.11 Å². The van der Waals surface area contributed by atoms with Gasteiger partial charge in [-0.25, -0.2) is 0 Å². The number of nitrogens with one attached hydrogen (secondary N) is 1. The van der Waals surface area contributed by atoms with Crippen LogP contribution in [-0.4, -0.2) is 43.9 Å². The molecule has 1 aliphatic heterocycles. The molecule has 1 heterocycles. The Balaban J connectivity index is 2.63. The molecule has 1 rings (SSSR count). The summed E-state index contributed by atoms with van der Waals surface area (Å²) in [7, 11) is 0. The van der Waals surface area contributed by atoms with Crippen molar-refractivity contribution in [3.05, 3.63) is 10.4 Å². The molecule has 0 saturated carbocycles. The van der Waals surface area contributed by atoms with Crippen LogP contribution in [0.5, 0.6) is 0 Å². The molecule has 114 valence electrons. The number of carbonyl (C=O) groups is 1. The van der Waals surface area contributed by atoms with Crippen LogP contribution in [0.4, 0.5) is 0 Å². The number of hydrogen-bond acceptors (Lipinski definition) is 5. The molecule has 1 saturated heterocycles. The van der Waals surface area contributed by atoms with Crippen LogP contribution in [-0.2, 0) is 14.3 Å². The number of carbonyl (C=O) groups excluding carboxylic acids is 1. The first-order valence-corrected chi connectivity index (χ1v) is 7.23. The monoisotopic (exact) mass is 284 g/mol. The minimum Gasteiger partial charge on any atom is -0.465 e. The number of rotatable bonds is 8. The normalized spacial score (nSPS) is 25.8. The lowest BCUT2D eigenvalue weighted by Gasteiger charge is -2.39. The molecule has 1 fully saturated rings. The number of nitrogens with zero attached hydrogens (tertiary/aromatic N) is 3. The van der Waals surface area contributed by atoms with Gasteiger partial charge in [0.05, 0.1) is 12.7 Å². The van der Waals surface area contributed by atoms with Crippen molar-refractivity contribution in [2.45, 2.75) is 51.2 Å². The van der Waals surface area contributed by atoms with Gasteiger partial charge in [0.2, 0.25) is 0 Å². The van der Waals surface area contributed by atoms with E-state index in [2.05, 4.69) is 15.3 Å². The van der Waals surface area contributed by atoms with Gasteiger partial charge in [0.1, 0.15) is 5.54 Å². The quantitative estimate of drug-likeness (QED) is 0.243. The molecule has 0 aromatic rings. The van der Waals surface area contributed by atoms with E-state index in [4.69, 9.17) is 15.0 Å². The maximum atomic E-state index is 12.3. The van der Waals surface area contributed by atoms with E-state index < -0.39 is 5.54 Å². The van der Waals surface area contributed by atoms with E-state index in [1.165, 1.54) is 0 Å². The van der Waals surface area contributed by atoms with Gasteiger partial charge in [0.25, 0.3) is 0 Å². The maximum Gasteiger partial charge on any atom is 0.326 e. The molecule has 7 nitrogen and oxygen atoms in total. The van der Waals surface area contributed by atoms with Gasteiger partial charge in [0, 0.05) is 24.5 Å². The predicted octanol–water partition coefficient (Wildman–Crippen LogP) is 2.17. The lowest BCUT2D eigenvalue weighted by molar-refractivity contribution is -0.158. The minimum absolute atomic E-state index is 0.0813. The highest BCUT2D eigenvalue weighted by Gasteiger charge is 2.43. The first-order chi connectivity index (χ1) is 9.68. The lowest BCUT2D eigenvalue weighted by atomic mass is 9.85. The zero-order valence-electron chi connectivity index (χ0n) is 12.3. The highest BCUT2D eigenvalue weighted by molar-refractivity contribution is 5.81. The molecule has 2 unspecified atom stereocenters. The Morgan fingerprint density at radius 3 is 3.05 bits per heavy atom. The molecule has 7 heteroatoms. The minimum atomic E-state index is -0.661. The molecule has 0 radical (unpaired) electrons. The van der Waals surface area contributed by atoms with Crippen LogP contribution in [0.1, 0.15) is 39.5 Å². The summed E-state index contributed by atoms with van der Waals surface area (Å²) in [6.07, 6.45) is 2.90. The van der Waals surface area contributed by atoms with Crippen LogP contribution in [0.3, 0.4) is 0 Å². The molecule has 20 heavy (non-hydrogen) atoms.